The van der Waals surface area contributed by atoms with E-state index in [-0.39, 0.29) is 0 Å². The van der Waals surface area contributed by atoms with Gasteiger partial charge in [0.2, 0.25) is 0 Å². The van der Waals surface area contributed by atoms with Crippen molar-refractivity contribution >= 4 is 22.7 Å². The van der Waals surface area contributed by atoms with Gasteiger partial charge in [0.1, 0.15) is 0 Å². The normalized spacial score (nSPS) is 22.2. The van der Waals surface area contributed by atoms with Gasteiger partial charge in [-0.05, 0) is 74.2 Å². The summed E-state index contributed by atoms with van der Waals surface area (Å²) in [5.74, 6) is 0.928. The van der Waals surface area contributed by atoms with Crippen LogP contribution in [-0.4, -0.2) is 46.4 Å². The van der Waals surface area contributed by atoms with Crippen LogP contribution in [0.1, 0.15) is 32.6 Å². The summed E-state index contributed by atoms with van der Waals surface area (Å²) in [5.41, 5.74) is 0. The number of hydrogen-bond acceptors (Lipinski definition) is 4. The Morgan fingerprint density at radius 2 is 1.79 bits per heavy atom. The maximum Gasteiger partial charge on any atom is 0.0346 e. The number of piperidine rings is 2. The van der Waals surface area contributed by atoms with Crippen LogP contribution < -0.4 is 0 Å². The fourth-order valence-corrected chi connectivity index (χ4v) is 5.10. The van der Waals surface area contributed by atoms with Gasteiger partial charge < -0.3 is 4.90 Å². The van der Waals surface area contributed by atoms with E-state index in [0.717, 1.165) is 12.0 Å². The van der Waals surface area contributed by atoms with E-state index in [1.54, 1.807) is 0 Å². The van der Waals surface area contributed by atoms with Gasteiger partial charge in [0, 0.05) is 41.8 Å². The molecule has 0 unspecified atom stereocenters. The van der Waals surface area contributed by atoms with Crippen molar-refractivity contribution in [2.45, 2.75) is 43.5 Å². The molecule has 1 aromatic heterocycles. The van der Waals surface area contributed by atoms with Crippen molar-refractivity contribution in [2.75, 3.05) is 26.2 Å². The first kappa shape index (κ1) is 16.4. The molecule has 3 nitrogen and oxygen atoms in total. The first-order valence-corrected chi connectivity index (χ1v) is 10.1. The fraction of sp³-hybridized carbons (Fsp3) is 0.550. The van der Waals surface area contributed by atoms with E-state index in [1.165, 1.54) is 67.5 Å². The molecule has 1 aromatic carbocycles. The standard InChI is InChI=1S/C20H27N3S/c1-16-6-11-22(12-7-16)18-8-13-23(14-9-18)24-20-4-2-3-17-15-21-10-5-19(17)20/h2-5,10,15-16,18H,6-9,11-14H2,1H3. The van der Waals surface area contributed by atoms with Gasteiger partial charge in [-0.3, -0.25) is 4.98 Å². The second-order valence-electron chi connectivity index (χ2n) is 7.32. The van der Waals surface area contributed by atoms with E-state index in [9.17, 15) is 0 Å². The minimum absolute atomic E-state index is 0.811. The molecule has 4 heteroatoms. The van der Waals surface area contributed by atoms with Gasteiger partial charge in [-0.2, -0.15) is 0 Å². The lowest BCUT2D eigenvalue weighted by Gasteiger charge is -2.41. The molecule has 0 saturated carbocycles. The predicted octanol–water partition coefficient (Wildman–Crippen LogP) is 4.44. The van der Waals surface area contributed by atoms with Crippen molar-refractivity contribution in [1.82, 2.24) is 14.2 Å². The molecule has 2 fully saturated rings. The highest BCUT2D eigenvalue weighted by molar-refractivity contribution is 7.97. The second-order valence-corrected chi connectivity index (χ2v) is 8.46. The Balaban J connectivity index is 1.36. The van der Waals surface area contributed by atoms with Crippen LogP contribution in [0.5, 0.6) is 0 Å². The van der Waals surface area contributed by atoms with Gasteiger partial charge in [0.15, 0.2) is 0 Å². The SMILES string of the molecule is CC1CCN(C2CCN(Sc3cccc4cnccc34)CC2)CC1. The molecule has 0 atom stereocenters. The Morgan fingerprint density at radius 1 is 1.00 bits per heavy atom. The number of nitrogens with zero attached hydrogens (tertiary/aromatic N) is 3. The zero-order chi connectivity index (χ0) is 16.4. The molecule has 0 amide bonds. The summed E-state index contributed by atoms with van der Waals surface area (Å²) < 4.78 is 2.55. The molecular weight excluding hydrogens is 314 g/mol. The summed E-state index contributed by atoms with van der Waals surface area (Å²) in [5, 5.41) is 2.56. The molecular formula is C20H27N3S. The van der Waals surface area contributed by atoms with E-state index in [2.05, 4.69) is 45.4 Å². The van der Waals surface area contributed by atoms with Crippen molar-refractivity contribution < 1.29 is 0 Å². The summed E-state index contributed by atoms with van der Waals surface area (Å²) >= 11 is 1.93. The summed E-state index contributed by atoms with van der Waals surface area (Å²) in [6, 6.07) is 9.49. The molecule has 2 aliphatic heterocycles. The van der Waals surface area contributed by atoms with Crippen LogP contribution in [0.25, 0.3) is 10.8 Å². The molecule has 0 spiro atoms. The van der Waals surface area contributed by atoms with Gasteiger partial charge in [-0.15, -0.1) is 0 Å². The van der Waals surface area contributed by atoms with Crippen LogP contribution >= 0.6 is 11.9 Å². The third-order valence-electron chi connectivity index (χ3n) is 5.63. The van der Waals surface area contributed by atoms with Crippen LogP contribution in [0.4, 0.5) is 0 Å². The molecule has 4 rings (SSSR count). The van der Waals surface area contributed by atoms with Crippen molar-refractivity contribution in [3.05, 3.63) is 36.7 Å². The molecule has 2 aliphatic rings. The van der Waals surface area contributed by atoms with E-state index in [1.807, 2.05) is 24.3 Å². The average Bonchev–Trinajstić information content (AvgIpc) is 2.63. The minimum atomic E-state index is 0.811. The smallest absolute Gasteiger partial charge is 0.0346 e. The number of benzene rings is 1. The molecule has 2 aromatic rings. The van der Waals surface area contributed by atoms with Crippen LogP contribution in [0.2, 0.25) is 0 Å². The zero-order valence-corrected chi connectivity index (χ0v) is 15.3. The summed E-state index contributed by atoms with van der Waals surface area (Å²) in [6.45, 7) is 7.42. The van der Waals surface area contributed by atoms with Gasteiger partial charge in [0.25, 0.3) is 0 Å². The maximum absolute atomic E-state index is 4.24. The van der Waals surface area contributed by atoms with Crippen LogP contribution in [0.15, 0.2) is 41.6 Å². The number of likely N-dealkylation sites (tertiary alicyclic amines) is 1. The van der Waals surface area contributed by atoms with Gasteiger partial charge in [-0.25, -0.2) is 4.31 Å². The Bertz CT molecular complexity index is 668. The molecule has 24 heavy (non-hydrogen) atoms. The number of rotatable bonds is 3. The van der Waals surface area contributed by atoms with Crippen LogP contribution in [0.3, 0.4) is 0 Å². The highest BCUT2D eigenvalue weighted by atomic mass is 32.2. The Hall–Kier alpha value is -1.10. The van der Waals surface area contributed by atoms with Crippen molar-refractivity contribution in [3.8, 4) is 0 Å². The van der Waals surface area contributed by atoms with Crippen molar-refractivity contribution in [3.63, 3.8) is 0 Å². The van der Waals surface area contributed by atoms with E-state index in [0.29, 0.717) is 0 Å². The average molecular weight is 342 g/mol. The fourth-order valence-electron chi connectivity index (χ4n) is 4.00. The molecule has 2 saturated heterocycles. The van der Waals surface area contributed by atoms with Crippen molar-refractivity contribution in [1.29, 1.82) is 0 Å². The molecule has 0 bridgehead atoms. The molecule has 0 radical (unpaired) electrons. The van der Waals surface area contributed by atoms with Crippen molar-refractivity contribution in [2.24, 2.45) is 5.92 Å². The number of hydrogen-bond donors (Lipinski definition) is 0. The molecule has 0 N–H and O–H groups in total. The van der Waals surface area contributed by atoms with Crippen LogP contribution in [-0.2, 0) is 0 Å². The largest absolute Gasteiger partial charge is 0.300 e. The number of fused-ring (bicyclic) bond motifs is 1. The summed E-state index contributed by atoms with van der Waals surface area (Å²) in [4.78, 5) is 8.36. The van der Waals surface area contributed by atoms with Gasteiger partial charge >= 0.3 is 0 Å². The summed E-state index contributed by atoms with van der Waals surface area (Å²) in [6.07, 6.45) is 9.26. The monoisotopic (exact) mass is 341 g/mol. The first-order chi connectivity index (χ1) is 11.8. The van der Waals surface area contributed by atoms with E-state index >= 15 is 0 Å². The zero-order valence-electron chi connectivity index (χ0n) is 14.5. The predicted molar refractivity (Wildman–Crippen MR) is 102 cm³/mol. The van der Waals surface area contributed by atoms with E-state index < -0.39 is 0 Å². The third kappa shape index (κ3) is 3.61. The second kappa shape index (κ2) is 7.42. The third-order valence-corrected chi connectivity index (χ3v) is 6.80. The highest BCUT2D eigenvalue weighted by Crippen LogP contribution is 2.33. The van der Waals surface area contributed by atoms with Crippen LogP contribution in [0, 0.1) is 5.92 Å². The first-order valence-electron chi connectivity index (χ1n) is 9.29. The topological polar surface area (TPSA) is 19.4 Å². The Kier molecular flexibility index (Phi) is 5.06. The Morgan fingerprint density at radius 3 is 2.58 bits per heavy atom. The summed E-state index contributed by atoms with van der Waals surface area (Å²) in [7, 11) is 0. The van der Waals surface area contributed by atoms with Gasteiger partial charge in [0.05, 0.1) is 0 Å². The van der Waals surface area contributed by atoms with E-state index in [4.69, 9.17) is 0 Å². The van der Waals surface area contributed by atoms with Gasteiger partial charge in [-0.1, -0.05) is 19.1 Å². The lowest BCUT2D eigenvalue weighted by atomic mass is 9.95. The molecule has 128 valence electrons. The maximum atomic E-state index is 4.24. The molecule has 3 heterocycles. The quantitative estimate of drug-likeness (QED) is 0.769. The molecule has 0 aliphatic carbocycles. The number of aromatic nitrogens is 1. The lowest BCUT2D eigenvalue weighted by Crippen LogP contribution is -2.46. The number of pyridine rings is 1. The lowest BCUT2D eigenvalue weighted by molar-refractivity contribution is 0.103. The minimum Gasteiger partial charge on any atom is -0.300 e. The Labute approximate surface area is 149 Å². The highest BCUT2D eigenvalue weighted by Gasteiger charge is 2.27.